The van der Waals surface area contributed by atoms with Gasteiger partial charge >= 0.3 is 18.0 Å². The molecule has 2 bridgehead atoms. The fourth-order valence-corrected chi connectivity index (χ4v) is 13.7. The molecule has 8 atom stereocenters. The summed E-state index contributed by atoms with van der Waals surface area (Å²) in [5, 5.41) is 71.6. The number of carbonyl (C=O) groups is 8. The van der Waals surface area contributed by atoms with E-state index in [1.807, 2.05) is 0 Å². The van der Waals surface area contributed by atoms with Crippen LogP contribution in [0.1, 0.15) is 122 Å². The summed E-state index contributed by atoms with van der Waals surface area (Å²) in [7, 11) is 3.50. The van der Waals surface area contributed by atoms with E-state index < -0.39 is 149 Å². The molecule has 11 rings (SSSR count). The molecule has 87 heavy (non-hydrogen) atoms. The van der Waals surface area contributed by atoms with Crippen LogP contribution in [0.3, 0.4) is 0 Å². The number of H-pyrrole nitrogens is 1. The number of alkyl carbamates (subject to hydrolysis) is 1. The molecule has 3 aliphatic carbocycles. The summed E-state index contributed by atoms with van der Waals surface area (Å²) in [6, 6.07) is 16.2. The molecule has 0 radical (unpaired) electrons. The van der Waals surface area contributed by atoms with Crippen molar-refractivity contribution in [2.24, 2.45) is 5.92 Å². The van der Waals surface area contributed by atoms with Crippen LogP contribution < -0.4 is 26.7 Å². The number of nitrogens with zero attached hydrogens (tertiary/aromatic N) is 3. The van der Waals surface area contributed by atoms with Crippen molar-refractivity contribution in [3.63, 3.8) is 0 Å². The Morgan fingerprint density at radius 1 is 0.897 bits per heavy atom. The number of aromatic nitrogens is 4. The summed E-state index contributed by atoms with van der Waals surface area (Å²) in [4.78, 5) is 133. The number of aryl methyl sites for hydroxylation is 2. The molecule has 26 nitrogen and oxygen atoms in total. The predicted octanol–water partition coefficient (Wildman–Crippen LogP) is 4.21. The largest absolute Gasteiger partial charge is 0.507 e. The SMILES string of the molecule is COc1cccc2c1C(=O)c1c(O)c3c(c(O)c1C2=O)C[C@@](O)(C(C)=O)CC3OC1CC2(NC(=O)OCc3ccccc3SSCC(NC(=O)CCC(CC(=O)c3ccc(CCc4cnc5nc(N)[nH]c(=O)c5n4)cc3)C(=O)O)C(=O)O)CC(O1)C2O. The number of nitrogens with one attached hydrogen (secondary N) is 3. The van der Waals surface area contributed by atoms with E-state index in [2.05, 4.69) is 30.6 Å². The van der Waals surface area contributed by atoms with Crippen LogP contribution in [-0.4, -0.2) is 146 Å². The number of phenols is 2. The molecule has 0 spiro atoms. The number of aromatic hydroxyl groups is 2. The van der Waals surface area contributed by atoms with Gasteiger partial charge in [0, 0.05) is 77.0 Å². The van der Waals surface area contributed by atoms with Crippen molar-refractivity contribution < 1.29 is 87.9 Å². The monoisotopic (exact) mass is 1230 g/mol. The number of aliphatic hydroxyl groups excluding tert-OH is 1. The number of anilines is 1. The molecule has 2 amide bonds. The van der Waals surface area contributed by atoms with E-state index in [-0.39, 0.29) is 82.3 Å². The number of carbonyl (C=O) groups excluding carboxylic acids is 6. The van der Waals surface area contributed by atoms with Crippen LogP contribution in [-0.2, 0) is 59.3 Å². The van der Waals surface area contributed by atoms with Crippen molar-refractivity contribution in [1.29, 1.82) is 0 Å². The number of ketones is 4. The van der Waals surface area contributed by atoms with Gasteiger partial charge in [-0.25, -0.2) is 19.6 Å². The number of phenolic OH excluding ortho intramolecular Hbond substituents is 2. The number of ether oxygens (including phenoxy) is 4. The molecular formula is C59H57N7O19S2. The summed E-state index contributed by atoms with van der Waals surface area (Å²) in [6.07, 6.45) is -5.69. The molecule has 2 saturated heterocycles. The highest BCUT2D eigenvalue weighted by Gasteiger charge is 2.62. The van der Waals surface area contributed by atoms with Crippen molar-refractivity contribution in [2.45, 2.75) is 118 Å². The highest BCUT2D eigenvalue weighted by atomic mass is 33.1. The number of nitrogen functional groups attached to an aromatic ring is 1. The fraction of sp³-hybridized carbons (Fsp3) is 0.356. The van der Waals surface area contributed by atoms with Gasteiger partial charge in [0.05, 0.1) is 59.4 Å². The average Bonchev–Trinajstić information content (AvgIpc) is 0.737. The highest BCUT2D eigenvalue weighted by Crippen LogP contribution is 2.54. The minimum atomic E-state index is -2.18. The first-order valence-corrected chi connectivity index (χ1v) is 29.6. The van der Waals surface area contributed by atoms with Crippen molar-refractivity contribution in [1.82, 2.24) is 30.6 Å². The van der Waals surface area contributed by atoms with Gasteiger partial charge in [-0.3, -0.25) is 38.5 Å². The lowest BCUT2D eigenvalue weighted by atomic mass is 9.66. The molecule has 28 heteroatoms. The van der Waals surface area contributed by atoms with Crippen LogP contribution in [0.25, 0.3) is 11.2 Å². The number of carboxylic acid groups (broad SMARTS) is 2. The summed E-state index contributed by atoms with van der Waals surface area (Å²) < 4.78 is 23.3. The smallest absolute Gasteiger partial charge is 0.407 e. The Bertz CT molecular complexity index is 3880. The first-order valence-electron chi connectivity index (χ1n) is 27.3. The fourth-order valence-electron chi connectivity index (χ4n) is 11.3. The number of Topliss-reactive ketones (excluding diaryl/α,β-unsaturated/α-hetero) is 2. The van der Waals surface area contributed by atoms with Gasteiger partial charge in [0.25, 0.3) is 5.56 Å². The van der Waals surface area contributed by atoms with Gasteiger partial charge in [-0.15, -0.1) is 0 Å². The van der Waals surface area contributed by atoms with Crippen LogP contribution in [0.5, 0.6) is 17.2 Å². The Morgan fingerprint density at radius 3 is 2.36 bits per heavy atom. The molecule has 4 heterocycles. The van der Waals surface area contributed by atoms with Gasteiger partial charge in [0.15, 0.2) is 34.8 Å². The maximum Gasteiger partial charge on any atom is 0.407 e. The van der Waals surface area contributed by atoms with Gasteiger partial charge in [-0.2, -0.15) is 4.98 Å². The lowest BCUT2D eigenvalue weighted by molar-refractivity contribution is -0.313. The number of aromatic amines is 1. The average molecular weight is 1230 g/mol. The third-order valence-corrected chi connectivity index (χ3v) is 18.5. The molecule has 11 N–H and O–H groups in total. The topological polar surface area (TPSA) is 416 Å². The number of benzene rings is 4. The molecule has 1 saturated carbocycles. The third kappa shape index (κ3) is 12.5. The zero-order valence-electron chi connectivity index (χ0n) is 46.4. The van der Waals surface area contributed by atoms with Crippen molar-refractivity contribution in [3.05, 3.63) is 139 Å². The van der Waals surface area contributed by atoms with E-state index in [1.54, 1.807) is 48.5 Å². The number of aliphatic hydroxyl groups is 2. The van der Waals surface area contributed by atoms with E-state index in [0.717, 1.165) is 34.1 Å². The van der Waals surface area contributed by atoms with E-state index in [1.165, 1.54) is 31.5 Å². The second-order valence-corrected chi connectivity index (χ2v) is 24.0. The Balaban J connectivity index is 0.707. The Morgan fingerprint density at radius 2 is 1.64 bits per heavy atom. The number of rotatable bonds is 23. The molecule has 2 aromatic heterocycles. The molecule has 6 aromatic rings. The number of hydrogen-bond acceptors (Lipinski definition) is 23. The normalized spacial score (nSPS) is 21.5. The lowest BCUT2D eigenvalue weighted by Crippen LogP contribution is -2.75. The summed E-state index contributed by atoms with van der Waals surface area (Å²) in [5.74, 6) is -9.17. The minimum Gasteiger partial charge on any atom is -0.507 e. The van der Waals surface area contributed by atoms with Crippen LogP contribution in [0.2, 0.25) is 0 Å². The molecule has 454 valence electrons. The lowest BCUT2D eigenvalue weighted by Gasteiger charge is -2.58. The van der Waals surface area contributed by atoms with E-state index in [9.17, 15) is 73.8 Å². The van der Waals surface area contributed by atoms with Crippen LogP contribution in [0.4, 0.5) is 10.7 Å². The van der Waals surface area contributed by atoms with E-state index in [0.29, 0.717) is 29.0 Å². The number of hydrogen-bond donors (Lipinski definition) is 10. The molecular weight excluding hydrogens is 1170 g/mol. The first kappa shape index (κ1) is 61.3. The van der Waals surface area contributed by atoms with Crippen molar-refractivity contribution in [2.75, 3.05) is 18.6 Å². The van der Waals surface area contributed by atoms with Crippen molar-refractivity contribution >= 4 is 85.8 Å². The van der Waals surface area contributed by atoms with E-state index >= 15 is 0 Å². The molecule has 2 aliphatic heterocycles. The standard InChI is InChI=1S/C59H57N7O19S2/c1-26(67)59(81)19-33-43(50(73)45-44(48(33)71)47(70)32-7-5-8-36(82-2)42(32)49(45)72)37(21-59)84-41-22-58(20-38(85-41)51(58)74)66-57(80)83-24-30-6-3-4-9-39(30)87-86-25-34(55(78)79)63-40(69)17-15-29(54(76)77)18-35(68)28-13-10-27(11-14-28)12-16-31-23-61-52-46(62-31)53(75)65-56(60)64-52/h3-11,13-14,23,29,34,37-38,41,51,71,73-74,81H,12,15-22,24-25H2,1-2H3,(H,63,69)(H,66,80)(H,76,77)(H,78,79)(H3,60,61,64,65,75)/t29?,34?,37?,38?,41?,51?,58?,59-/m0/s1. The summed E-state index contributed by atoms with van der Waals surface area (Å²) in [5.41, 5.74) is 2.06. The third-order valence-electron chi connectivity index (χ3n) is 16.0. The van der Waals surface area contributed by atoms with Gasteiger partial charge in [0.1, 0.15) is 41.6 Å². The zero-order chi connectivity index (χ0) is 62.2. The molecule has 7 unspecified atom stereocenters. The maximum atomic E-state index is 14.1. The predicted molar refractivity (Wildman–Crippen MR) is 307 cm³/mol. The second kappa shape index (κ2) is 24.9. The van der Waals surface area contributed by atoms with Crippen LogP contribution in [0, 0.1) is 5.92 Å². The number of fused-ring (bicyclic) bond motifs is 6. The highest BCUT2D eigenvalue weighted by molar-refractivity contribution is 8.76. The molecule has 4 aromatic carbocycles. The quantitative estimate of drug-likeness (QED) is 0.0244. The summed E-state index contributed by atoms with van der Waals surface area (Å²) >= 11 is 0. The maximum absolute atomic E-state index is 14.1. The van der Waals surface area contributed by atoms with Crippen molar-refractivity contribution in [3.8, 4) is 17.2 Å². The zero-order valence-corrected chi connectivity index (χ0v) is 48.0. The first-order chi connectivity index (χ1) is 41.5. The Kier molecular flexibility index (Phi) is 17.5. The van der Waals surface area contributed by atoms with Crippen LogP contribution >= 0.6 is 21.6 Å². The number of aliphatic carboxylic acids is 2. The molecule has 5 aliphatic rings. The van der Waals surface area contributed by atoms with Gasteiger partial charge < -0.3 is 66.0 Å². The molecule has 3 fully saturated rings. The van der Waals surface area contributed by atoms with E-state index in [4.69, 9.17) is 24.7 Å². The second-order valence-electron chi connectivity index (χ2n) is 21.6. The summed E-state index contributed by atoms with van der Waals surface area (Å²) in [6.45, 7) is 0.824. The number of carboxylic acids is 2. The minimum absolute atomic E-state index is 0.0425. The van der Waals surface area contributed by atoms with Gasteiger partial charge in [-0.1, -0.05) is 76.2 Å². The van der Waals surface area contributed by atoms with Gasteiger partial charge in [0.2, 0.25) is 17.6 Å². The Hall–Kier alpha value is -8.80. The number of nitrogens with two attached hydrogens (primary N) is 1. The van der Waals surface area contributed by atoms with Gasteiger partial charge in [-0.05, 0) is 43.9 Å². The number of methoxy groups -OCH3 is 1. The number of amides is 2. The Labute approximate surface area is 501 Å². The van der Waals surface area contributed by atoms with Crippen LogP contribution in [0.15, 0.2) is 82.6 Å².